The monoisotopic (exact) mass is 363 g/mol. The summed E-state index contributed by atoms with van der Waals surface area (Å²) in [5, 5.41) is 13.7. The first kappa shape index (κ1) is 16.1. The summed E-state index contributed by atoms with van der Waals surface area (Å²) in [7, 11) is 0.334. The van der Waals surface area contributed by atoms with E-state index >= 15 is 0 Å². The second-order valence-corrected chi connectivity index (χ2v) is 12.9. The van der Waals surface area contributed by atoms with E-state index in [9.17, 15) is 5.26 Å². The molecular weight excluding hydrogens is 346 g/mol. The molecule has 2 aliphatic rings. The number of hydrogen-bond donors (Lipinski definition) is 0. The maximum Gasteiger partial charge on any atom is 0.141 e. The first-order valence-electron chi connectivity index (χ1n) is 8.23. The number of hydrogen-bond acceptors (Lipinski definition) is 2. The molecule has 124 valence electrons. The van der Waals surface area contributed by atoms with E-state index in [2.05, 4.69) is 42.4 Å². The van der Waals surface area contributed by atoms with Gasteiger partial charge in [-0.25, -0.2) is 4.98 Å². The van der Waals surface area contributed by atoms with E-state index in [0.29, 0.717) is 5.56 Å². The zero-order chi connectivity index (χ0) is 17.9. The van der Waals surface area contributed by atoms with Gasteiger partial charge in [-0.2, -0.15) is 5.26 Å². The van der Waals surface area contributed by atoms with Crippen LogP contribution in [0.25, 0.3) is 33.2 Å². The Morgan fingerprint density at radius 1 is 1.08 bits per heavy atom. The van der Waals surface area contributed by atoms with Crippen LogP contribution >= 0.6 is 11.6 Å². The van der Waals surface area contributed by atoms with Crippen molar-refractivity contribution >= 4 is 46.7 Å². The molecule has 0 unspecified atom stereocenters. The van der Waals surface area contributed by atoms with Gasteiger partial charge in [0.15, 0.2) is 0 Å². The Bertz CT molecular complexity index is 1160. The fourth-order valence-electron chi connectivity index (χ4n) is 3.71. The lowest BCUT2D eigenvalue weighted by molar-refractivity contribution is 0.941. The van der Waals surface area contributed by atoms with Crippen molar-refractivity contribution in [2.45, 2.75) is 19.6 Å². The number of halogens is 1. The fourth-order valence-corrected chi connectivity index (χ4v) is 5.89. The van der Waals surface area contributed by atoms with E-state index in [0.717, 1.165) is 27.3 Å². The summed E-state index contributed by atoms with van der Waals surface area (Å²) in [6, 6.07) is 14.1. The van der Waals surface area contributed by atoms with Crippen LogP contribution in [0.5, 0.6) is 0 Å². The van der Waals surface area contributed by atoms with Gasteiger partial charge in [0.05, 0.1) is 25.2 Å². The van der Waals surface area contributed by atoms with Crippen LogP contribution in [0.2, 0.25) is 24.7 Å². The van der Waals surface area contributed by atoms with Crippen LogP contribution in [0.1, 0.15) is 5.56 Å². The van der Waals surface area contributed by atoms with Crippen LogP contribution in [-0.4, -0.2) is 17.6 Å². The highest BCUT2D eigenvalue weighted by Gasteiger charge is 2.30. The molecule has 5 heteroatoms. The maximum atomic E-state index is 9.31. The van der Waals surface area contributed by atoms with Gasteiger partial charge in [-0.15, -0.1) is 0 Å². The highest BCUT2D eigenvalue weighted by atomic mass is 35.5. The minimum Gasteiger partial charge on any atom is -0.328 e. The van der Waals surface area contributed by atoms with Gasteiger partial charge < -0.3 is 4.57 Å². The van der Waals surface area contributed by atoms with Gasteiger partial charge >= 0.3 is 0 Å². The zero-order valence-corrected chi connectivity index (χ0v) is 16.4. The first-order valence-corrected chi connectivity index (χ1v) is 12.1. The average molecular weight is 364 g/mol. The predicted octanol–water partition coefficient (Wildman–Crippen LogP) is 4.90. The molecule has 0 atom stereocenters. The lowest BCUT2D eigenvalue weighted by atomic mass is 10.1. The van der Waals surface area contributed by atoms with Crippen LogP contribution in [0.3, 0.4) is 0 Å². The molecule has 0 N–H and O–H groups in total. The van der Waals surface area contributed by atoms with Crippen molar-refractivity contribution in [3.8, 4) is 17.5 Å². The van der Waals surface area contributed by atoms with E-state index in [-0.39, 0.29) is 0 Å². The van der Waals surface area contributed by atoms with Crippen LogP contribution in [0, 0.1) is 11.3 Å². The van der Waals surface area contributed by atoms with E-state index in [1.54, 1.807) is 0 Å². The molecule has 2 aliphatic heterocycles. The quantitative estimate of drug-likeness (QED) is 0.451. The molecule has 0 fully saturated rings. The molecule has 3 nitrogen and oxygen atoms in total. The van der Waals surface area contributed by atoms with E-state index < -0.39 is 8.07 Å². The molecule has 0 aliphatic carbocycles. The second-order valence-electron chi connectivity index (χ2n) is 7.50. The third-order valence-electron chi connectivity index (χ3n) is 4.75. The van der Waals surface area contributed by atoms with Crippen LogP contribution < -0.4 is 5.19 Å². The predicted molar refractivity (Wildman–Crippen MR) is 108 cm³/mol. The summed E-state index contributed by atoms with van der Waals surface area (Å²) >= 11 is 6.33. The van der Waals surface area contributed by atoms with Gasteiger partial charge in [0.2, 0.25) is 0 Å². The molecule has 2 aromatic rings. The highest BCUT2D eigenvalue weighted by molar-refractivity contribution is 6.91. The van der Waals surface area contributed by atoms with Crippen molar-refractivity contribution in [2.24, 2.45) is 7.05 Å². The molecule has 0 bridgehead atoms. The number of aromatic nitrogens is 2. The first-order chi connectivity index (χ1) is 11.8. The molecule has 2 aromatic carbocycles. The number of aryl methyl sites for hydroxylation is 1. The summed E-state index contributed by atoms with van der Waals surface area (Å²) < 4.78 is 2.14. The lowest BCUT2D eigenvalue weighted by Crippen LogP contribution is -2.40. The number of benzene rings is 2. The molecular formula is C20H18ClN3Si. The van der Waals surface area contributed by atoms with Crippen LogP contribution in [0.15, 0.2) is 36.4 Å². The Morgan fingerprint density at radius 3 is 2.52 bits per heavy atom. The van der Waals surface area contributed by atoms with Gasteiger partial charge in [-0.1, -0.05) is 31.2 Å². The van der Waals surface area contributed by atoms with Crippen molar-refractivity contribution < 1.29 is 0 Å². The van der Waals surface area contributed by atoms with Crippen molar-refractivity contribution in [3.05, 3.63) is 47.0 Å². The summed E-state index contributed by atoms with van der Waals surface area (Å²) in [6.45, 7) is 7.03. The number of rotatable bonds is 1. The summed E-state index contributed by atoms with van der Waals surface area (Å²) in [5.74, 6) is 0.970. The SMILES string of the molecule is Cn1c2nc3ccc(C#N)cc3c-2c([Si](C)(C)C)c2cc(Cl)ccc21. The standard InChI is InChI=1S/C20H18ClN3Si/c1-24-17-8-6-13(21)10-15(17)19(25(2,3)4)18-14-9-12(11-22)5-7-16(14)23-20(18)24/h5-10H,1-4H3. The molecule has 0 radical (unpaired) electrons. The lowest BCUT2D eigenvalue weighted by Gasteiger charge is -2.25. The third kappa shape index (κ3) is 2.35. The molecule has 2 heterocycles. The Hall–Kier alpha value is -2.35. The summed E-state index contributed by atoms with van der Waals surface area (Å²) in [4.78, 5) is 4.88. The molecule has 4 rings (SSSR count). The van der Waals surface area contributed by atoms with Gasteiger partial charge in [0, 0.05) is 28.5 Å². The zero-order valence-electron chi connectivity index (χ0n) is 14.7. The number of pyridine rings is 1. The normalized spacial score (nSPS) is 12.2. The third-order valence-corrected chi connectivity index (χ3v) is 7.01. The average Bonchev–Trinajstić information content (AvgIpc) is 2.92. The Morgan fingerprint density at radius 2 is 1.84 bits per heavy atom. The maximum absolute atomic E-state index is 9.31. The second kappa shape index (κ2) is 5.32. The van der Waals surface area contributed by atoms with Crippen molar-refractivity contribution in [1.29, 1.82) is 5.26 Å². The number of nitrogens with zero attached hydrogens (tertiary/aromatic N) is 3. The number of fused-ring (bicyclic) bond motifs is 4. The fraction of sp³-hybridized carbons (Fsp3) is 0.200. The molecule has 0 saturated heterocycles. The van der Waals surface area contributed by atoms with E-state index in [4.69, 9.17) is 16.6 Å². The molecule has 25 heavy (non-hydrogen) atoms. The van der Waals surface area contributed by atoms with Crippen LogP contribution in [-0.2, 0) is 7.05 Å². The minimum absolute atomic E-state index is 0.664. The summed E-state index contributed by atoms with van der Waals surface area (Å²) in [5.41, 5.74) is 3.91. The van der Waals surface area contributed by atoms with Crippen molar-refractivity contribution in [1.82, 2.24) is 9.55 Å². The Balaban J connectivity index is 2.33. The molecule has 0 aromatic heterocycles. The van der Waals surface area contributed by atoms with Crippen molar-refractivity contribution in [2.75, 3.05) is 0 Å². The summed E-state index contributed by atoms with van der Waals surface area (Å²) in [6.07, 6.45) is 0. The van der Waals surface area contributed by atoms with Gasteiger partial charge in [-0.3, -0.25) is 0 Å². The van der Waals surface area contributed by atoms with Gasteiger partial charge in [0.1, 0.15) is 5.82 Å². The van der Waals surface area contributed by atoms with Crippen molar-refractivity contribution in [3.63, 3.8) is 0 Å². The molecule has 0 saturated carbocycles. The highest BCUT2D eigenvalue weighted by Crippen LogP contribution is 2.35. The topological polar surface area (TPSA) is 41.6 Å². The van der Waals surface area contributed by atoms with Crippen LogP contribution in [0.4, 0.5) is 0 Å². The number of nitriles is 1. The molecule has 0 amide bonds. The molecule has 0 spiro atoms. The Labute approximate surface area is 152 Å². The van der Waals surface area contributed by atoms with E-state index in [1.165, 1.54) is 16.1 Å². The van der Waals surface area contributed by atoms with E-state index in [1.807, 2.05) is 31.3 Å². The smallest absolute Gasteiger partial charge is 0.141 e. The van der Waals surface area contributed by atoms with Gasteiger partial charge in [-0.05, 0) is 47.0 Å². The largest absolute Gasteiger partial charge is 0.328 e. The minimum atomic E-state index is -1.71. The Kier molecular flexibility index (Phi) is 3.43. The van der Waals surface area contributed by atoms with Gasteiger partial charge in [0.25, 0.3) is 0 Å².